The van der Waals surface area contributed by atoms with Crippen LogP contribution < -0.4 is 14.8 Å². The second kappa shape index (κ2) is 10.5. The predicted molar refractivity (Wildman–Crippen MR) is 111 cm³/mol. The van der Waals surface area contributed by atoms with Crippen molar-refractivity contribution in [3.63, 3.8) is 0 Å². The van der Waals surface area contributed by atoms with Gasteiger partial charge in [0.1, 0.15) is 17.1 Å². The molecule has 0 bridgehead atoms. The summed E-state index contributed by atoms with van der Waals surface area (Å²) in [5.74, 6) is 0.473. The van der Waals surface area contributed by atoms with E-state index in [0.717, 1.165) is 12.0 Å². The van der Waals surface area contributed by atoms with E-state index in [0.29, 0.717) is 17.4 Å². The zero-order valence-electron chi connectivity index (χ0n) is 17.7. The topological polar surface area (TPSA) is 73.9 Å². The minimum absolute atomic E-state index is 0.190. The van der Waals surface area contributed by atoms with Gasteiger partial charge in [0.05, 0.1) is 20.3 Å². The van der Waals surface area contributed by atoms with Crippen molar-refractivity contribution in [3.05, 3.63) is 59.2 Å². The zero-order valence-corrected chi connectivity index (χ0v) is 17.7. The molecule has 0 aliphatic rings. The summed E-state index contributed by atoms with van der Waals surface area (Å²) in [4.78, 5) is 24.5. The largest absolute Gasteiger partial charge is 0.497 e. The Hall–Kier alpha value is -3.02. The molecule has 6 heteroatoms. The number of hydrogen-bond donors (Lipinski definition) is 1. The lowest BCUT2D eigenvalue weighted by Gasteiger charge is -2.15. The molecule has 0 aromatic heterocycles. The predicted octanol–water partition coefficient (Wildman–Crippen LogP) is 3.94. The summed E-state index contributed by atoms with van der Waals surface area (Å²) >= 11 is 0. The number of methoxy groups -OCH3 is 2. The average molecular weight is 399 g/mol. The van der Waals surface area contributed by atoms with Gasteiger partial charge in [0.15, 0.2) is 6.61 Å². The van der Waals surface area contributed by atoms with Crippen molar-refractivity contribution >= 4 is 11.9 Å². The standard InChI is InChI=1S/C23H29NO5/c1-15(2)12-17-6-8-18(9-7-17)16(3)24-22(25)14-29-23(26)20-11-10-19(27-4)13-21(20)28-5/h6-11,13,15-16H,12,14H2,1-5H3,(H,24,25)/t16-/m1/s1. The lowest BCUT2D eigenvalue weighted by Crippen LogP contribution is -2.31. The number of esters is 1. The first-order valence-electron chi connectivity index (χ1n) is 9.61. The average Bonchev–Trinajstić information content (AvgIpc) is 2.71. The van der Waals surface area contributed by atoms with Crippen molar-refractivity contribution in [1.29, 1.82) is 0 Å². The Bertz CT molecular complexity index is 830. The number of ether oxygens (including phenoxy) is 3. The van der Waals surface area contributed by atoms with Crippen LogP contribution in [0.1, 0.15) is 48.3 Å². The van der Waals surface area contributed by atoms with Crippen molar-refractivity contribution in [2.24, 2.45) is 5.92 Å². The van der Waals surface area contributed by atoms with Crippen LogP contribution in [0.3, 0.4) is 0 Å². The van der Waals surface area contributed by atoms with E-state index in [1.165, 1.54) is 19.8 Å². The first kappa shape index (κ1) is 22.3. The maximum atomic E-state index is 12.3. The number of nitrogens with one attached hydrogen (secondary N) is 1. The van der Waals surface area contributed by atoms with Gasteiger partial charge in [-0.2, -0.15) is 0 Å². The molecular formula is C23H29NO5. The van der Waals surface area contributed by atoms with Gasteiger partial charge < -0.3 is 19.5 Å². The molecule has 2 aromatic rings. The Morgan fingerprint density at radius 3 is 2.24 bits per heavy atom. The molecule has 0 saturated heterocycles. The zero-order chi connectivity index (χ0) is 21.4. The van der Waals surface area contributed by atoms with E-state index < -0.39 is 5.97 Å². The molecule has 0 unspecified atom stereocenters. The molecule has 2 rings (SSSR count). The Morgan fingerprint density at radius 1 is 0.966 bits per heavy atom. The molecule has 1 amide bonds. The molecule has 1 atom stereocenters. The van der Waals surface area contributed by atoms with Crippen molar-refractivity contribution in [2.75, 3.05) is 20.8 Å². The maximum absolute atomic E-state index is 12.3. The fourth-order valence-corrected chi connectivity index (χ4v) is 2.96. The summed E-state index contributed by atoms with van der Waals surface area (Å²) in [7, 11) is 2.97. The SMILES string of the molecule is COc1ccc(C(=O)OCC(=O)N[C@H](C)c2ccc(CC(C)C)cc2)c(OC)c1. The Balaban J connectivity index is 1.90. The van der Waals surface area contributed by atoms with Crippen molar-refractivity contribution in [1.82, 2.24) is 5.32 Å². The highest BCUT2D eigenvalue weighted by Crippen LogP contribution is 2.25. The smallest absolute Gasteiger partial charge is 0.342 e. The van der Waals surface area contributed by atoms with E-state index in [2.05, 4.69) is 31.3 Å². The van der Waals surface area contributed by atoms with Crippen LogP contribution in [-0.4, -0.2) is 32.7 Å². The molecule has 0 spiro atoms. The quantitative estimate of drug-likeness (QED) is 0.647. The van der Waals surface area contributed by atoms with E-state index in [4.69, 9.17) is 14.2 Å². The van der Waals surface area contributed by atoms with Crippen LogP contribution >= 0.6 is 0 Å². The molecule has 0 fully saturated rings. The first-order valence-corrected chi connectivity index (χ1v) is 9.61. The van der Waals surface area contributed by atoms with Crippen LogP contribution in [0.15, 0.2) is 42.5 Å². The fourth-order valence-electron chi connectivity index (χ4n) is 2.96. The van der Waals surface area contributed by atoms with Gasteiger partial charge >= 0.3 is 5.97 Å². The number of amides is 1. The molecule has 29 heavy (non-hydrogen) atoms. The van der Waals surface area contributed by atoms with Crippen LogP contribution in [0.5, 0.6) is 11.5 Å². The van der Waals surface area contributed by atoms with Crippen LogP contribution in [0, 0.1) is 5.92 Å². The number of carbonyl (C=O) groups is 2. The van der Waals surface area contributed by atoms with Crippen LogP contribution in [0.2, 0.25) is 0 Å². The van der Waals surface area contributed by atoms with E-state index in [-0.39, 0.29) is 24.1 Å². The second-order valence-corrected chi connectivity index (χ2v) is 7.27. The lowest BCUT2D eigenvalue weighted by atomic mass is 10.00. The van der Waals surface area contributed by atoms with Gasteiger partial charge in [-0.25, -0.2) is 4.79 Å². The third kappa shape index (κ3) is 6.52. The fraction of sp³-hybridized carbons (Fsp3) is 0.391. The van der Waals surface area contributed by atoms with E-state index in [1.54, 1.807) is 18.2 Å². The summed E-state index contributed by atoms with van der Waals surface area (Å²) < 4.78 is 15.4. The Morgan fingerprint density at radius 2 is 1.66 bits per heavy atom. The van der Waals surface area contributed by atoms with Crippen molar-refractivity contribution in [2.45, 2.75) is 33.2 Å². The molecule has 1 N–H and O–H groups in total. The molecule has 0 heterocycles. The van der Waals surface area contributed by atoms with Crippen molar-refractivity contribution in [3.8, 4) is 11.5 Å². The van der Waals surface area contributed by atoms with Gasteiger partial charge in [-0.1, -0.05) is 38.1 Å². The summed E-state index contributed by atoms with van der Waals surface area (Å²) in [6, 6.07) is 12.7. The number of hydrogen-bond acceptors (Lipinski definition) is 5. The van der Waals surface area contributed by atoms with Crippen LogP contribution in [0.4, 0.5) is 0 Å². The van der Waals surface area contributed by atoms with Gasteiger partial charge in [0, 0.05) is 6.07 Å². The Kier molecular flexibility index (Phi) is 8.07. The Labute approximate surface area is 172 Å². The maximum Gasteiger partial charge on any atom is 0.342 e. The van der Waals surface area contributed by atoms with E-state index >= 15 is 0 Å². The minimum atomic E-state index is -0.634. The van der Waals surface area contributed by atoms with Gasteiger partial charge in [0.25, 0.3) is 5.91 Å². The first-order chi connectivity index (χ1) is 13.8. The van der Waals surface area contributed by atoms with Gasteiger partial charge in [-0.3, -0.25) is 4.79 Å². The van der Waals surface area contributed by atoms with Gasteiger partial charge in [0.2, 0.25) is 0 Å². The number of carbonyl (C=O) groups excluding carboxylic acids is 2. The summed E-state index contributed by atoms with van der Waals surface area (Å²) in [5, 5.41) is 2.84. The minimum Gasteiger partial charge on any atom is -0.497 e. The third-order valence-corrected chi connectivity index (χ3v) is 4.46. The third-order valence-electron chi connectivity index (χ3n) is 4.46. The normalized spacial score (nSPS) is 11.7. The molecular weight excluding hydrogens is 370 g/mol. The number of rotatable bonds is 9. The number of benzene rings is 2. The summed E-state index contributed by atoms with van der Waals surface area (Å²) in [6.07, 6.45) is 1.02. The molecule has 156 valence electrons. The molecule has 0 saturated carbocycles. The highest BCUT2D eigenvalue weighted by Gasteiger charge is 2.17. The molecule has 6 nitrogen and oxygen atoms in total. The highest BCUT2D eigenvalue weighted by molar-refractivity contribution is 5.94. The summed E-state index contributed by atoms with van der Waals surface area (Å²) in [6.45, 7) is 5.88. The second-order valence-electron chi connectivity index (χ2n) is 7.27. The molecule has 0 aliphatic heterocycles. The van der Waals surface area contributed by atoms with Crippen LogP contribution in [-0.2, 0) is 16.0 Å². The van der Waals surface area contributed by atoms with Gasteiger partial charge in [-0.15, -0.1) is 0 Å². The molecule has 2 aromatic carbocycles. The van der Waals surface area contributed by atoms with Crippen LogP contribution in [0.25, 0.3) is 0 Å². The highest BCUT2D eigenvalue weighted by atomic mass is 16.5. The summed E-state index contributed by atoms with van der Waals surface area (Å²) in [5.41, 5.74) is 2.49. The molecule has 0 radical (unpaired) electrons. The van der Waals surface area contributed by atoms with Gasteiger partial charge in [-0.05, 0) is 42.5 Å². The van der Waals surface area contributed by atoms with E-state index in [9.17, 15) is 9.59 Å². The van der Waals surface area contributed by atoms with E-state index in [1.807, 2.05) is 19.1 Å². The van der Waals surface area contributed by atoms with Crippen molar-refractivity contribution < 1.29 is 23.8 Å². The lowest BCUT2D eigenvalue weighted by molar-refractivity contribution is -0.124. The monoisotopic (exact) mass is 399 g/mol. The molecule has 0 aliphatic carbocycles.